The van der Waals surface area contributed by atoms with E-state index in [4.69, 9.17) is 0 Å². The zero-order chi connectivity index (χ0) is 23.9. The fourth-order valence-corrected chi connectivity index (χ4v) is 6.09. The summed E-state index contributed by atoms with van der Waals surface area (Å²) in [6.07, 6.45) is 9.19. The van der Waals surface area contributed by atoms with Gasteiger partial charge in [0, 0.05) is 11.8 Å². The number of rotatable bonds is 3. The zero-order valence-electron chi connectivity index (χ0n) is 20.0. The Morgan fingerprint density at radius 2 is 0.917 bits per heavy atom. The fourth-order valence-electron chi connectivity index (χ4n) is 6.09. The molecule has 0 saturated heterocycles. The van der Waals surface area contributed by atoms with Gasteiger partial charge in [0.05, 0.1) is 0 Å². The molecule has 7 rings (SSSR count). The van der Waals surface area contributed by atoms with Gasteiger partial charge in [-0.1, -0.05) is 146 Å². The van der Waals surface area contributed by atoms with Crippen LogP contribution in [0.3, 0.4) is 0 Å². The monoisotopic (exact) mass is 458 g/mol. The summed E-state index contributed by atoms with van der Waals surface area (Å²) < 4.78 is 0. The summed E-state index contributed by atoms with van der Waals surface area (Å²) in [5.74, 6) is 0.628. The van der Waals surface area contributed by atoms with Crippen LogP contribution in [0.2, 0.25) is 0 Å². The van der Waals surface area contributed by atoms with Gasteiger partial charge in [0.25, 0.3) is 0 Å². The van der Waals surface area contributed by atoms with Crippen molar-refractivity contribution in [2.45, 2.75) is 0 Å². The van der Waals surface area contributed by atoms with Crippen molar-refractivity contribution in [3.05, 3.63) is 167 Å². The molecule has 0 N–H and O–H groups in total. The Hall–Kier alpha value is -4.42. The van der Waals surface area contributed by atoms with Crippen molar-refractivity contribution in [3.63, 3.8) is 0 Å². The van der Waals surface area contributed by atoms with E-state index in [9.17, 15) is 0 Å². The van der Waals surface area contributed by atoms with Crippen LogP contribution in [-0.2, 0) is 0 Å². The minimum absolute atomic E-state index is 0.309. The minimum atomic E-state index is 0.309. The molecule has 0 spiro atoms. The third-order valence-electron chi connectivity index (χ3n) is 7.69. The number of benzene rings is 5. The van der Waals surface area contributed by atoms with Crippen LogP contribution >= 0.6 is 0 Å². The van der Waals surface area contributed by atoms with Gasteiger partial charge in [0.15, 0.2) is 0 Å². The molecule has 2 aliphatic carbocycles. The first-order chi connectivity index (χ1) is 17.9. The van der Waals surface area contributed by atoms with Crippen LogP contribution in [0.1, 0.15) is 11.1 Å². The number of hydrogen-bond donors (Lipinski definition) is 0. The van der Waals surface area contributed by atoms with E-state index in [1.54, 1.807) is 0 Å². The third-order valence-corrected chi connectivity index (χ3v) is 7.69. The van der Waals surface area contributed by atoms with Crippen molar-refractivity contribution in [1.82, 2.24) is 0 Å². The molecule has 0 nitrogen and oxygen atoms in total. The van der Waals surface area contributed by atoms with Crippen molar-refractivity contribution in [2.24, 2.45) is 11.8 Å². The van der Waals surface area contributed by atoms with Crippen LogP contribution in [0.25, 0.3) is 33.0 Å². The van der Waals surface area contributed by atoms with Gasteiger partial charge in [-0.2, -0.15) is 0 Å². The Morgan fingerprint density at radius 3 is 1.61 bits per heavy atom. The van der Waals surface area contributed by atoms with Gasteiger partial charge >= 0.3 is 0 Å². The molecule has 0 heterocycles. The number of fused-ring (bicyclic) bond motifs is 3. The van der Waals surface area contributed by atoms with Crippen molar-refractivity contribution in [2.75, 3.05) is 0 Å². The van der Waals surface area contributed by atoms with E-state index in [0.29, 0.717) is 11.8 Å². The summed E-state index contributed by atoms with van der Waals surface area (Å²) >= 11 is 0. The summed E-state index contributed by atoms with van der Waals surface area (Å²) in [6.45, 7) is 0. The van der Waals surface area contributed by atoms with E-state index in [-0.39, 0.29) is 0 Å². The first-order valence-corrected chi connectivity index (χ1v) is 12.7. The molecule has 0 saturated carbocycles. The van der Waals surface area contributed by atoms with Gasteiger partial charge in [0.1, 0.15) is 0 Å². The molecule has 0 radical (unpaired) electrons. The Bertz CT molecular complexity index is 1760. The lowest BCUT2D eigenvalue weighted by Crippen LogP contribution is -2.40. The van der Waals surface area contributed by atoms with Crippen LogP contribution in [-0.4, -0.2) is 0 Å². The lowest BCUT2D eigenvalue weighted by atomic mass is 9.70. The maximum atomic E-state index is 2.39. The molecule has 2 aliphatic rings. The van der Waals surface area contributed by atoms with Crippen molar-refractivity contribution < 1.29 is 0 Å². The molecule has 2 unspecified atom stereocenters. The molecule has 0 fully saturated rings. The Balaban J connectivity index is 1.45. The average Bonchev–Trinajstić information content (AvgIpc) is 2.96. The zero-order valence-corrected chi connectivity index (χ0v) is 20.0. The lowest BCUT2D eigenvalue weighted by Gasteiger charge is -2.33. The summed E-state index contributed by atoms with van der Waals surface area (Å²) in [4.78, 5) is 0. The fraction of sp³-hybridized carbons (Fsp3) is 0.0556. The quantitative estimate of drug-likeness (QED) is 0.267. The predicted molar refractivity (Wildman–Crippen MR) is 152 cm³/mol. The SMILES string of the molecule is C1=CC2C(c3ccccc3)=c3ccccc3=C(c3ccc(-c4cccc5ccccc45)cc3)C2C=C1. The molecular weight excluding hydrogens is 432 g/mol. The lowest BCUT2D eigenvalue weighted by molar-refractivity contribution is 0.686. The molecule has 36 heavy (non-hydrogen) atoms. The van der Waals surface area contributed by atoms with Gasteiger partial charge in [-0.25, -0.2) is 0 Å². The van der Waals surface area contributed by atoms with Crippen molar-refractivity contribution in [1.29, 1.82) is 0 Å². The molecule has 5 aromatic carbocycles. The molecule has 2 atom stereocenters. The highest BCUT2D eigenvalue weighted by Gasteiger charge is 2.31. The third kappa shape index (κ3) is 3.38. The molecule has 0 bridgehead atoms. The van der Waals surface area contributed by atoms with Gasteiger partial charge in [-0.05, 0) is 54.6 Å². The first kappa shape index (κ1) is 20.9. The van der Waals surface area contributed by atoms with Crippen LogP contribution < -0.4 is 10.4 Å². The second-order valence-electron chi connectivity index (χ2n) is 9.66. The number of allylic oxidation sites excluding steroid dienone is 4. The van der Waals surface area contributed by atoms with E-state index >= 15 is 0 Å². The van der Waals surface area contributed by atoms with Crippen molar-refractivity contribution in [3.8, 4) is 11.1 Å². The summed E-state index contributed by atoms with van der Waals surface area (Å²) in [5.41, 5.74) is 7.99. The van der Waals surface area contributed by atoms with E-state index < -0.39 is 0 Å². The Labute approximate surface area is 211 Å². The van der Waals surface area contributed by atoms with E-state index in [1.165, 1.54) is 54.6 Å². The van der Waals surface area contributed by atoms with Gasteiger partial charge in [0.2, 0.25) is 0 Å². The van der Waals surface area contributed by atoms with Crippen molar-refractivity contribution >= 4 is 21.9 Å². The van der Waals surface area contributed by atoms with Crippen LogP contribution in [0.15, 0.2) is 146 Å². The summed E-state index contributed by atoms with van der Waals surface area (Å²) in [6, 6.07) is 44.3. The second kappa shape index (κ2) is 8.66. The van der Waals surface area contributed by atoms with Gasteiger partial charge in [-0.3, -0.25) is 0 Å². The normalized spacial score (nSPS) is 18.2. The van der Waals surface area contributed by atoms with Gasteiger partial charge in [-0.15, -0.1) is 0 Å². The van der Waals surface area contributed by atoms with Crippen LogP contribution in [0, 0.1) is 11.8 Å². The minimum Gasteiger partial charge on any atom is -0.0760 e. The van der Waals surface area contributed by atoms with Gasteiger partial charge < -0.3 is 0 Å². The molecule has 170 valence electrons. The smallest absolute Gasteiger partial charge is 0.0137 e. The Kier molecular flexibility index (Phi) is 5.03. The number of hydrogen-bond acceptors (Lipinski definition) is 0. The maximum absolute atomic E-state index is 2.39. The van der Waals surface area contributed by atoms with Crippen LogP contribution in [0.5, 0.6) is 0 Å². The second-order valence-corrected chi connectivity index (χ2v) is 9.66. The molecule has 0 amide bonds. The molecule has 0 aromatic heterocycles. The average molecular weight is 459 g/mol. The predicted octanol–water partition coefficient (Wildman–Crippen LogP) is 7.28. The molecule has 0 aliphatic heterocycles. The standard InChI is InChI=1S/C36H26/c1-2-12-27(13-3-1)35-31-16-6-8-18-33(31)36(34-19-9-7-17-32(34)35)28-23-21-26(22-24-28)30-20-10-14-25-11-4-5-15-29(25)30/h1-24,31,33H. The summed E-state index contributed by atoms with van der Waals surface area (Å²) in [7, 11) is 0. The molecule has 5 aromatic rings. The Morgan fingerprint density at radius 1 is 0.389 bits per heavy atom. The molecule has 0 heteroatoms. The largest absolute Gasteiger partial charge is 0.0760 e. The van der Waals surface area contributed by atoms with E-state index in [0.717, 1.165) is 0 Å². The van der Waals surface area contributed by atoms with E-state index in [1.807, 2.05) is 0 Å². The highest BCUT2D eigenvalue weighted by Crippen LogP contribution is 2.40. The van der Waals surface area contributed by atoms with E-state index in [2.05, 4.69) is 146 Å². The van der Waals surface area contributed by atoms with Crippen LogP contribution in [0.4, 0.5) is 0 Å². The molecular formula is C36H26. The summed E-state index contributed by atoms with van der Waals surface area (Å²) in [5, 5.41) is 5.26. The highest BCUT2D eigenvalue weighted by atomic mass is 14.3. The topological polar surface area (TPSA) is 0 Å². The first-order valence-electron chi connectivity index (χ1n) is 12.7. The highest BCUT2D eigenvalue weighted by molar-refractivity contribution is 5.96. The maximum Gasteiger partial charge on any atom is 0.0137 e.